The van der Waals surface area contributed by atoms with Crippen LogP contribution in [0, 0.1) is 6.92 Å². The molecule has 17 heavy (non-hydrogen) atoms. The molecular weight excluding hydrogens is 224 g/mol. The van der Waals surface area contributed by atoms with Gasteiger partial charge in [-0.1, -0.05) is 0 Å². The summed E-state index contributed by atoms with van der Waals surface area (Å²) in [6, 6.07) is 0. The summed E-state index contributed by atoms with van der Waals surface area (Å²) >= 11 is 0. The van der Waals surface area contributed by atoms with E-state index in [1.54, 1.807) is 14.0 Å². The standard InChI is InChI=1S/C11H16N2O4/c1-7-9(11(14)15)10(13(2)12-7)17-8-3-5-16-6-4-8/h8H,3-6H2,1-2H3,(H,14,15). The Labute approximate surface area is 99.1 Å². The zero-order valence-electron chi connectivity index (χ0n) is 9.97. The molecule has 1 aromatic rings. The lowest BCUT2D eigenvalue weighted by Crippen LogP contribution is -2.27. The van der Waals surface area contributed by atoms with Gasteiger partial charge in [0.15, 0.2) is 0 Å². The van der Waals surface area contributed by atoms with Crippen molar-refractivity contribution in [3.8, 4) is 5.88 Å². The third-order valence-corrected chi connectivity index (χ3v) is 2.83. The van der Waals surface area contributed by atoms with Gasteiger partial charge in [0.25, 0.3) is 0 Å². The summed E-state index contributed by atoms with van der Waals surface area (Å²) in [4.78, 5) is 11.1. The van der Waals surface area contributed by atoms with Crippen LogP contribution in [0.1, 0.15) is 28.9 Å². The highest BCUT2D eigenvalue weighted by Gasteiger charge is 2.24. The molecule has 0 amide bonds. The highest BCUT2D eigenvalue weighted by Crippen LogP contribution is 2.24. The molecule has 6 heteroatoms. The van der Waals surface area contributed by atoms with Crippen molar-refractivity contribution in [3.63, 3.8) is 0 Å². The van der Waals surface area contributed by atoms with Crippen molar-refractivity contribution in [1.29, 1.82) is 0 Å². The summed E-state index contributed by atoms with van der Waals surface area (Å²) in [7, 11) is 1.69. The first-order valence-electron chi connectivity index (χ1n) is 5.61. The summed E-state index contributed by atoms with van der Waals surface area (Å²) < 4.78 is 12.5. The smallest absolute Gasteiger partial charge is 0.343 e. The molecule has 94 valence electrons. The van der Waals surface area contributed by atoms with Crippen molar-refractivity contribution >= 4 is 5.97 Å². The molecule has 2 heterocycles. The molecule has 0 saturated carbocycles. The second-order valence-electron chi connectivity index (χ2n) is 4.12. The largest absolute Gasteiger partial charge is 0.477 e. The molecule has 0 unspecified atom stereocenters. The maximum absolute atomic E-state index is 11.1. The van der Waals surface area contributed by atoms with Crippen molar-refractivity contribution < 1.29 is 19.4 Å². The van der Waals surface area contributed by atoms with Gasteiger partial charge in [-0.2, -0.15) is 5.10 Å². The molecule has 1 aliphatic heterocycles. The fraction of sp³-hybridized carbons (Fsp3) is 0.636. The van der Waals surface area contributed by atoms with E-state index in [4.69, 9.17) is 14.6 Å². The van der Waals surface area contributed by atoms with E-state index in [0.29, 0.717) is 24.8 Å². The fourth-order valence-corrected chi connectivity index (χ4v) is 1.97. The van der Waals surface area contributed by atoms with Gasteiger partial charge in [-0.15, -0.1) is 0 Å². The number of nitrogens with zero attached hydrogens (tertiary/aromatic N) is 2. The molecule has 6 nitrogen and oxygen atoms in total. The van der Waals surface area contributed by atoms with Gasteiger partial charge in [-0.3, -0.25) is 0 Å². The molecule has 2 rings (SSSR count). The average Bonchev–Trinajstić information content (AvgIpc) is 2.55. The molecule has 0 spiro atoms. The van der Waals surface area contributed by atoms with Crippen LogP contribution in [0.2, 0.25) is 0 Å². The van der Waals surface area contributed by atoms with E-state index >= 15 is 0 Å². The van der Waals surface area contributed by atoms with Crippen molar-refractivity contribution in [2.75, 3.05) is 13.2 Å². The van der Waals surface area contributed by atoms with Crippen LogP contribution in [-0.2, 0) is 11.8 Å². The highest BCUT2D eigenvalue weighted by atomic mass is 16.5. The first-order chi connectivity index (χ1) is 8.09. The van der Waals surface area contributed by atoms with Crippen LogP contribution in [-0.4, -0.2) is 40.2 Å². The third-order valence-electron chi connectivity index (χ3n) is 2.83. The van der Waals surface area contributed by atoms with Crippen molar-refractivity contribution in [2.24, 2.45) is 7.05 Å². The van der Waals surface area contributed by atoms with E-state index in [1.165, 1.54) is 4.68 Å². The van der Waals surface area contributed by atoms with E-state index in [9.17, 15) is 4.79 Å². The molecule has 1 N–H and O–H groups in total. The maximum Gasteiger partial charge on any atom is 0.343 e. The van der Waals surface area contributed by atoms with Crippen molar-refractivity contribution in [2.45, 2.75) is 25.9 Å². The monoisotopic (exact) mass is 240 g/mol. The molecule has 0 radical (unpaired) electrons. The molecule has 0 aliphatic carbocycles. The van der Waals surface area contributed by atoms with Crippen LogP contribution in [0.15, 0.2) is 0 Å². The average molecular weight is 240 g/mol. The predicted molar refractivity (Wildman–Crippen MR) is 59.4 cm³/mol. The Morgan fingerprint density at radius 3 is 2.76 bits per heavy atom. The molecule has 1 fully saturated rings. The van der Waals surface area contributed by atoms with Gasteiger partial charge in [0.2, 0.25) is 5.88 Å². The Bertz CT molecular complexity index is 421. The fourth-order valence-electron chi connectivity index (χ4n) is 1.97. The van der Waals surface area contributed by atoms with Crippen LogP contribution in [0.4, 0.5) is 0 Å². The number of aryl methyl sites for hydroxylation is 2. The van der Waals surface area contributed by atoms with Crippen molar-refractivity contribution in [1.82, 2.24) is 9.78 Å². The number of carboxylic acids is 1. The van der Waals surface area contributed by atoms with Gasteiger partial charge in [0.1, 0.15) is 11.7 Å². The topological polar surface area (TPSA) is 73.6 Å². The van der Waals surface area contributed by atoms with E-state index in [0.717, 1.165) is 12.8 Å². The van der Waals surface area contributed by atoms with E-state index in [2.05, 4.69) is 5.10 Å². The Balaban J connectivity index is 2.21. The normalized spacial score (nSPS) is 17.1. The molecule has 0 atom stereocenters. The first-order valence-corrected chi connectivity index (χ1v) is 5.61. The van der Waals surface area contributed by atoms with Gasteiger partial charge in [-0.25, -0.2) is 9.48 Å². The van der Waals surface area contributed by atoms with E-state index in [-0.39, 0.29) is 11.7 Å². The van der Waals surface area contributed by atoms with Gasteiger partial charge in [-0.05, 0) is 6.92 Å². The van der Waals surface area contributed by atoms with Gasteiger partial charge >= 0.3 is 5.97 Å². The first kappa shape index (κ1) is 11.9. The number of hydrogen-bond acceptors (Lipinski definition) is 4. The van der Waals surface area contributed by atoms with Crippen LogP contribution in [0.5, 0.6) is 5.88 Å². The SMILES string of the molecule is Cc1nn(C)c(OC2CCOCC2)c1C(=O)O. The molecule has 1 aromatic heterocycles. The Morgan fingerprint density at radius 1 is 1.53 bits per heavy atom. The van der Waals surface area contributed by atoms with Gasteiger partial charge < -0.3 is 14.6 Å². The summed E-state index contributed by atoms with van der Waals surface area (Å²) in [5.41, 5.74) is 0.626. The lowest BCUT2D eigenvalue weighted by molar-refractivity contribution is 0.0213. The van der Waals surface area contributed by atoms with Crippen LogP contribution < -0.4 is 4.74 Å². The second kappa shape index (κ2) is 4.75. The minimum Gasteiger partial charge on any atom is -0.477 e. The summed E-state index contributed by atoms with van der Waals surface area (Å²) in [6.45, 7) is 2.98. The highest BCUT2D eigenvalue weighted by molar-refractivity contribution is 5.91. The zero-order chi connectivity index (χ0) is 12.4. The molecule has 1 aliphatic rings. The van der Waals surface area contributed by atoms with E-state index in [1.807, 2.05) is 0 Å². The quantitative estimate of drug-likeness (QED) is 0.852. The number of rotatable bonds is 3. The lowest BCUT2D eigenvalue weighted by atomic mass is 10.1. The molecule has 0 aromatic carbocycles. The Morgan fingerprint density at radius 2 is 2.18 bits per heavy atom. The number of carboxylic acid groups (broad SMARTS) is 1. The number of aromatic carboxylic acids is 1. The minimum atomic E-state index is -1.00. The number of aromatic nitrogens is 2. The minimum absolute atomic E-state index is 0.0108. The van der Waals surface area contributed by atoms with Crippen LogP contribution >= 0.6 is 0 Å². The zero-order valence-corrected chi connectivity index (χ0v) is 9.97. The molecular formula is C11H16N2O4. The predicted octanol–water partition coefficient (Wildman–Crippen LogP) is 0.985. The third kappa shape index (κ3) is 2.41. The number of ether oxygens (including phenoxy) is 2. The van der Waals surface area contributed by atoms with E-state index < -0.39 is 5.97 Å². The van der Waals surface area contributed by atoms with Crippen molar-refractivity contribution in [3.05, 3.63) is 11.3 Å². The van der Waals surface area contributed by atoms with Crippen LogP contribution in [0.25, 0.3) is 0 Å². The Kier molecular flexibility index (Phi) is 3.33. The van der Waals surface area contributed by atoms with Gasteiger partial charge in [0, 0.05) is 19.9 Å². The summed E-state index contributed by atoms with van der Waals surface area (Å²) in [5, 5.41) is 13.2. The molecule has 1 saturated heterocycles. The van der Waals surface area contributed by atoms with Crippen LogP contribution in [0.3, 0.4) is 0 Å². The maximum atomic E-state index is 11.1. The number of carbonyl (C=O) groups is 1. The Hall–Kier alpha value is -1.56. The summed E-state index contributed by atoms with van der Waals surface area (Å²) in [6.07, 6.45) is 1.57. The second-order valence-corrected chi connectivity index (χ2v) is 4.12. The summed E-state index contributed by atoms with van der Waals surface area (Å²) in [5.74, 6) is -0.667. The molecule has 0 bridgehead atoms. The van der Waals surface area contributed by atoms with Gasteiger partial charge in [0.05, 0.1) is 18.9 Å². The lowest BCUT2D eigenvalue weighted by Gasteiger charge is -2.23. The number of hydrogen-bond donors (Lipinski definition) is 1.